The second kappa shape index (κ2) is 8.48. The maximum Gasteiger partial charge on any atom is 0.119 e. The van der Waals surface area contributed by atoms with E-state index in [9.17, 15) is 10.2 Å². The van der Waals surface area contributed by atoms with Crippen molar-refractivity contribution < 1.29 is 14.9 Å². The van der Waals surface area contributed by atoms with E-state index in [1.54, 1.807) is 7.11 Å². The normalized spacial score (nSPS) is 13.9. The summed E-state index contributed by atoms with van der Waals surface area (Å²) in [6.45, 7) is 0.674. The molecule has 2 unspecified atom stereocenters. The van der Waals surface area contributed by atoms with Crippen molar-refractivity contribution in [1.29, 1.82) is 0 Å². The lowest BCUT2D eigenvalue weighted by molar-refractivity contribution is 0.181. The highest BCUT2D eigenvalue weighted by Gasteiger charge is 2.15. The lowest BCUT2D eigenvalue weighted by Gasteiger charge is -2.28. The van der Waals surface area contributed by atoms with Crippen LogP contribution in [0.4, 0.5) is 5.69 Å². The number of halogens is 2. The van der Waals surface area contributed by atoms with Gasteiger partial charge in [0.2, 0.25) is 0 Å². The second-order valence-corrected chi connectivity index (χ2v) is 4.84. The summed E-state index contributed by atoms with van der Waals surface area (Å²) in [4.78, 5) is 1.85. The predicted molar refractivity (Wildman–Crippen MR) is 78.7 cm³/mol. The molecule has 0 aliphatic heterocycles. The lowest BCUT2D eigenvalue weighted by Crippen LogP contribution is -2.39. The SMILES string of the molecule is COc1ccc(N(CC(O)CCl)CC(O)CCl)cc1. The van der Waals surface area contributed by atoms with Crippen LogP contribution in [0.3, 0.4) is 0 Å². The summed E-state index contributed by atoms with van der Waals surface area (Å²) >= 11 is 11.2. The summed E-state index contributed by atoms with van der Waals surface area (Å²) in [5.41, 5.74) is 0.870. The molecular weight excluding hydrogens is 289 g/mol. The minimum absolute atomic E-state index is 0.142. The molecule has 2 atom stereocenters. The van der Waals surface area contributed by atoms with E-state index in [-0.39, 0.29) is 11.8 Å². The molecule has 0 bridgehead atoms. The molecule has 0 aliphatic rings. The predicted octanol–water partition coefficient (Wildman–Crippen LogP) is 1.70. The number of aliphatic hydroxyl groups is 2. The maximum absolute atomic E-state index is 9.66. The zero-order valence-corrected chi connectivity index (χ0v) is 12.3. The van der Waals surface area contributed by atoms with Crippen molar-refractivity contribution in [2.24, 2.45) is 0 Å². The first-order chi connectivity index (χ1) is 9.10. The van der Waals surface area contributed by atoms with Crippen molar-refractivity contribution >= 4 is 28.9 Å². The van der Waals surface area contributed by atoms with E-state index in [4.69, 9.17) is 27.9 Å². The fraction of sp³-hybridized carbons (Fsp3) is 0.538. The first kappa shape index (κ1) is 16.4. The number of alkyl halides is 2. The van der Waals surface area contributed by atoms with Crippen LogP contribution in [0, 0.1) is 0 Å². The van der Waals surface area contributed by atoms with E-state index in [0.717, 1.165) is 11.4 Å². The van der Waals surface area contributed by atoms with Crippen LogP contribution in [-0.4, -0.2) is 54.4 Å². The van der Waals surface area contributed by atoms with Crippen molar-refractivity contribution in [3.63, 3.8) is 0 Å². The largest absolute Gasteiger partial charge is 0.497 e. The van der Waals surface area contributed by atoms with Gasteiger partial charge in [-0.15, -0.1) is 23.2 Å². The molecule has 0 spiro atoms. The van der Waals surface area contributed by atoms with Gasteiger partial charge in [0.05, 0.1) is 31.1 Å². The topological polar surface area (TPSA) is 52.9 Å². The molecule has 2 N–H and O–H groups in total. The molecule has 0 heterocycles. The third-order valence-corrected chi connectivity index (χ3v) is 3.37. The lowest BCUT2D eigenvalue weighted by atomic mass is 10.2. The average Bonchev–Trinajstić information content (AvgIpc) is 2.46. The highest BCUT2D eigenvalue weighted by atomic mass is 35.5. The van der Waals surface area contributed by atoms with Crippen LogP contribution in [0.1, 0.15) is 0 Å². The summed E-state index contributed by atoms with van der Waals surface area (Å²) < 4.78 is 5.09. The Morgan fingerprint density at radius 3 is 1.89 bits per heavy atom. The Balaban J connectivity index is 2.80. The minimum Gasteiger partial charge on any atom is -0.497 e. The molecule has 0 amide bonds. The van der Waals surface area contributed by atoms with Crippen LogP contribution >= 0.6 is 23.2 Å². The van der Waals surface area contributed by atoms with E-state index in [1.807, 2.05) is 29.2 Å². The number of anilines is 1. The fourth-order valence-electron chi connectivity index (χ4n) is 1.68. The molecule has 0 fully saturated rings. The van der Waals surface area contributed by atoms with Gasteiger partial charge in [-0.05, 0) is 24.3 Å². The molecule has 4 nitrogen and oxygen atoms in total. The molecule has 1 aromatic carbocycles. The standard InChI is InChI=1S/C13H19Cl2NO3/c1-19-13-4-2-10(3-5-13)16(8-11(17)6-14)9-12(18)7-15/h2-5,11-12,17-18H,6-9H2,1H3. The fourth-order valence-corrected chi connectivity index (χ4v) is 1.88. The molecule has 0 saturated heterocycles. The van der Waals surface area contributed by atoms with Gasteiger partial charge in [0.25, 0.3) is 0 Å². The molecule has 19 heavy (non-hydrogen) atoms. The monoisotopic (exact) mass is 307 g/mol. The van der Waals surface area contributed by atoms with Crippen LogP contribution in [-0.2, 0) is 0 Å². The van der Waals surface area contributed by atoms with Crippen molar-refractivity contribution in [2.75, 3.05) is 36.9 Å². The van der Waals surface area contributed by atoms with Gasteiger partial charge in [-0.3, -0.25) is 0 Å². The van der Waals surface area contributed by atoms with E-state index < -0.39 is 12.2 Å². The zero-order valence-electron chi connectivity index (χ0n) is 10.8. The Hall–Kier alpha value is -0.680. The Morgan fingerprint density at radius 1 is 1.05 bits per heavy atom. The Labute approximate surface area is 123 Å². The Kier molecular flexibility index (Phi) is 7.31. The van der Waals surface area contributed by atoms with Crippen LogP contribution in [0.5, 0.6) is 5.75 Å². The average molecular weight is 308 g/mol. The number of rotatable bonds is 8. The molecule has 108 valence electrons. The van der Waals surface area contributed by atoms with Crippen LogP contribution in [0.25, 0.3) is 0 Å². The first-order valence-corrected chi connectivity index (χ1v) is 7.04. The first-order valence-electron chi connectivity index (χ1n) is 5.97. The van der Waals surface area contributed by atoms with Gasteiger partial charge in [-0.2, -0.15) is 0 Å². The quantitative estimate of drug-likeness (QED) is 0.718. The van der Waals surface area contributed by atoms with E-state index in [2.05, 4.69) is 0 Å². The summed E-state index contributed by atoms with van der Waals surface area (Å²) in [6, 6.07) is 7.37. The molecule has 0 radical (unpaired) electrons. The van der Waals surface area contributed by atoms with Crippen LogP contribution in [0.2, 0.25) is 0 Å². The van der Waals surface area contributed by atoms with Crippen LogP contribution in [0.15, 0.2) is 24.3 Å². The highest BCUT2D eigenvalue weighted by Crippen LogP contribution is 2.20. The number of aliphatic hydroxyl groups excluding tert-OH is 2. The van der Waals surface area contributed by atoms with Crippen molar-refractivity contribution in [1.82, 2.24) is 0 Å². The van der Waals surface area contributed by atoms with Crippen molar-refractivity contribution in [2.45, 2.75) is 12.2 Å². The maximum atomic E-state index is 9.66. The van der Waals surface area contributed by atoms with Gasteiger partial charge in [0.1, 0.15) is 5.75 Å². The van der Waals surface area contributed by atoms with Gasteiger partial charge < -0.3 is 19.8 Å². The smallest absolute Gasteiger partial charge is 0.119 e. The van der Waals surface area contributed by atoms with Crippen LogP contribution < -0.4 is 9.64 Å². The molecule has 0 aromatic heterocycles. The summed E-state index contributed by atoms with van der Waals surface area (Å²) in [5, 5.41) is 19.3. The van der Waals surface area contributed by atoms with Gasteiger partial charge in [-0.1, -0.05) is 0 Å². The molecule has 0 saturated carbocycles. The van der Waals surface area contributed by atoms with Gasteiger partial charge in [-0.25, -0.2) is 0 Å². The summed E-state index contributed by atoms with van der Waals surface area (Å²) in [5.74, 6) is 1.03. The third-order valence-electron chi connectivity index (χ3n) is 2.66. The van der Waals surface area contributed by atoms with Gasteiger partial charge >= 0.3 is 0 Å². The molecule has 0 aliphatic carbocycles. The highest BCUT2D eigenvalue weighted by molar-refractivity contribution is 6.18. The molecule has 6 heteroatoms. The number of hydrogen-bond acceptors (Lipinski definition) is 4. The van der Waals surface area contributed by atoms with E-state index >= 15 is 0 Å². The molecule has 1 aromatic rings. The Morgan fingerprint density at radius 2 is 1.53 bits per heavy atom. The minimum atomic E-state index is -0.661. The van der Waals surface area contributed by atoms with E-state index in [0.29, 0.717) is 13.1 Å². The Bertz CT molecular complexity index is 349. The number of nitrogens with zero attached hydrogens (tertiary/aromatic N) is 1. The van der Waals surface area contributed by atoms with Crippen molar-refractivity contribution in [3.05, 3.63) is 24.3 Å². The number of benzene rings is 1. The second-order valence-electron chi connectivity index (χ2n) is 4.22. The summed E-state index contributed by atoms with van der Waals surface area (Å²) in [7, 11) is 1.60. The number of hydrogen-bond donors (Lipinski definition) is 2. The molecular formula is C13H19Cl2NO3. The van der Waals surface area contributed by atoms with Crippen molar-refractivity contribution in [3.8, 4) is 5.75 Å². The molecule has 1 rings (SSSR count). The zero-order chi connectivity index (χ0) is 14.3. The summed E-state index contributed by atoms with van der Waals surface area (Å²) in [6.07, 6.45) is -1.32. The number of methoxy groups -OCH3 is 1. The number of ether oxygens (including phenoxy) is 1. The van der Waals surface area contributed by atoms with E-state index in [1.165, 1.54) is 0 Å². The third kappa shape index (κ3) is 5.45. The van der Waals surface area contributed by atoms with Gasteiger partial charge in [0.15, 0.2) is 0 Å². The van der Waals surface area contributed by atoms with Gasteiger partial charge in [0, 0.05) is 18.8 Å².